The second kappa shape index (κ2) is 7.29. The molecule has 0 radical (unpaired) electrons. The number of aryl methyl sites for hydroxylation is 1. The molecule has 0 aliphatic heterocycles. The Morgan fingerprint density at radius 3 is 2.90 bits per heavy atom. The molecule has 0 aliphatic carbocycles. The zero-order valence-corrected chi connectivity index (χ0v) is 13.2. The summed E-state index contributed by atoms with van der Waals surface area (Å²) in [4.78, 5) is 5.63. The number of hydrogen-bond acceptors (Lipinski definition) is 4. The van der Waals surface area contributed by atoms with Gasteiger partial charge in [-0.05, 0) is 31.9 Å². The maximum atomic E-state index is 5.83. The van der Waals surface area contributed by atoms with Crippen LogP contribution in [0.3, 0.4) is 0 Å². The lowest BCUT2D eigenvalue weighted by atomic mass is 10.2. The molecular formula is C16H22N2OS. The quantitative estimate of drug-likeness (QED) is 0.815. The molecule has 0 amide bonds. The Morgan fingerprint density at radius 2 is 2.20 bits per heavy atom. The van der Waals surface area contributed by atoms with E-state index in [1.54, 1.807) is 11.3 Å². The second-order valence-corrected chi connectivity index (χ2v) is 5.99. The van der Waals surface area contributed by atoms with E-state index < -0.39 is 0 Å². The highest BCUT2D eigenvalue weighted by molar-refractivity contribution is 7.11. The number of nitrogens with zero attached hydrogens (tertiary/aromatic N) is 1. The summed E-state index contributed by atoms with van der Waals surface area (Å²) >= 11 is 1.77. The van der Waals surface area contributed by atoms with E-state index in [4.69, 9.17) is 4.74 Å². The number of rotatable bonds is 7. The van der Waals surface area contributed by atoms with E-state index in [0.29, 0.717) is 0 Å². The SMILES string of the molecule is CCc1ncc(CNc2cccc(OC(C)CC)c2)s1. The molecule has 1 aromatic carbocycles. The Hall–Kier alpha value is -1.55. The van der Waals surface area contributed by atoms with Crippen LogP contribution in [-0.2, 0) is 13.0 Å². The molecule has 1 heterocycles. The normalized spacial score (nSPS) is 12.2. The van der Waals surface area contributed by atoms with Gasteiger partial charge in [0.15, 0.2) is 0 Å². The van der Waals surface area contributed by atoms with Crippen molar-refractivity contribution in [3.63, 3.8) is 0 Å². The van der Waals surface area contributed by atoms with E-state index in [0.717, 1.165) is 30.8 Å². The van der Waals surface area contributed by atoms with Gasteiger partial charge in [0.25, 0.3) is 0 Å². The van der Waals surface area contributed by atoms with Crippen molar-refractivity contribution >= 4 is 17.0 Å². The fourth-order valence-electron chi connectivity index (χ4n) is 1.78. The minimum atomic E-state index is 0.249. The molecule has 1 atom stereocenters. The summed E-state index contributed by atoms with van der Waals surface area (Å²) in [5, 5.41) is 4.61. The summed E-state index contributed by atoms with van der Waals surface area (Å²) in [7, 11) is 0. The zero-order chi connectivity index (χ0) is 14.4. The molecule has 0 bridgehead atoms. The number of thiazole rings is 1. The number of anilines is 1. The molecule has 0 aliphatic rings. The lowest BCUT2D eigenvalue weighted by Gasteiger charge is -2.13. The van der Waals surface area contributed by atoms with Gasteiger partial charge in [-0.1, -0.05) is 19.9 Å². The van der Waals surface area contributed by atoms with E-state index >= 15 is 0 Å². The minimum Gasteiger partial charge on any atom is -0.491 e. The number of ether oxygens (including phenoxy) is 1. The van der Waals surface area contributed by atoms with E-state index in [-0.39, 0.29) is 6.10 Å². The smallest absolute Gasteiger partial charge is 0.121 e. The Balaban J connectivity index is 1.93. The minimum absolute atomic E-state index is 0.249. The Morgan fingerprint density at radius 1 is 1.35 bits per heavy atom. The van der Waals surface area contributed by atoms with Crippen LogP contribution >= 0.6 is 11.3 Å². The van der Waals surface area contributed by atoms with Gasteiger partial charge in [0.1, 0.15) is 5.75 Å². The molecule has 108 valence electrons. The van der Waals surface area contributed by atoms with Crippen LogP contribution in [0.2, 0.25) is 0 Å². The van der Waals surface area contributed by atoms with Crippen LogP contribution in [0.1, 0.15) is 37.1 Å². The van der Waals surface area contributed by atoms with E-state index in [9.17, 15) is 0 Å². The van der Waals surface area contributed by atoms with Crippen molar-refractivity contribution in [2.24, 2.45) is 0 Å². The van der Waals surface area contributed by atoms with E-state index in [1.807, 2.05) is 24.4 Å². The molecular weight excluding hydrogens is 268 g/mol. The predicted molar refractivity (Wildman–Crippen MR) is 85.6 cm³/mol. The molecule has 1 unspecified atom stereocenters. The maximum absolute atomic E-state index is 5.83. The first-order valence-corrected chi connectivity index (χ1v) is 7.97. The van der Waals surface area contributed by atoms with Crippen LogP contribution in [0.25, 0.3) is 0 Å². The zero-order valence-electron chi connectivity index (χ0n) is 12.3. The Kier molecular flexibility index (Phi) is 5.41. The third-order valence-corrected chi connectivity index (χ3v) is 4.26. The number of hydrogen-bond donors (Lipinski definition) is 1. The molecule has 0 saturated carbocycles. The van der Waals surface area contributed by atoms with Gasteiger partial charge >= 0.3 is 0 Å². The van der Waals surface area contributed by atoms with Crippen LogP contribution in [0.15, 0.2) is 30.5 Å². The average Bonchev–Trinajstić information content (AvgIpc) is 2.93. The molecule has 3 nitrogen and oxygen atoms in total. The van der Waals surface area contributed by atoms with E-state index in [1.165, 1.54) is 9.88 Å². The second-order valence-electron chi connectivity index (χ2n) is 4.79. The molecule has 4 heteroatoms. The van der Waals surface area contributed by atoms with Gasteiger partial charge in [-0.25, -0.2) is 4.98 Å². The van der Waals surface area contributed by atoms with Crippen molar-refractivity contribution in [1.29, 1.82) is 0 Å². The third kappa shape index (κ3) is 4.23. The molecule has 2 aromatic rings. The lowest BCUT2D eigenvalue weighted by molar-refractivity contribution is 0.217. The lowest BCUT2D eigenvalue weighted by Crippen LogP contribution is -2.09. The first-order chi connectivity index (χ1) is 9.71. The van der Waals surface area contributed by atoms with Crippen molar-refractivity contribution in [2.75, 3.05) is 5.32 Å². The van der Waals surface area contributed by atoms with Crippen LogP contribution in [-0.4, -0.2) is 11.1 Å². The topological polar surface area (TPSA) is 34.2 Å². The van der Waals surface area contributed by atoms with Crippen molar-refractivity contribution < 1.29 is 4.74 Å². The van der Waals surface area contributed by atoms with Crippen molar-refractivity contribution in [1.82, 2.24) is 4.98 Å². The van der Waals surface area contributed by atoms with Crippen LogP contribution in [0, 0.1) is 0 Å². The predicted octanol–water partition coefficient (Wildman–Crippen LogP) is 4.49. The van der Waals surface area contributed by atoms with Crippen LogP contribution in [0.4, 0.5) is 5.69 Å². The van der Waals surface area contributed by atoms with Crippen molar-refractivity contribution in [3.8, 4) is 5.75 Å². The molecule has 1 N–H and O–H groups in total. The first kappa shape index (κ1) is 14.9. The Labute approximate surface area is 125 Å². The van der Waals surface area contributed by atoms with Gasteiger partial charge in [-0.2, -0.15) is 0 Å². The van der Waals surface area contributed by atoms with Crippen LogP contribution < -0.4 is 10.1 Å². The summed E-state index contributed by atoms with van der Waals surface area (Å²) in [6, 6.07) is 8.13. The molecule has 20 heavy (non-hydrogen) atoms. The van der Waals surface area contributed by atoms with Crippen molar-refractivity contribution in [2.45, 2.75) is 46.3 Å². The molecule has 2 rings (SSSR count). The fraction of sp³-hybridized carbons (Fsp3) is 0.438. The largest absolute Gasteiger partial charge is 0.491 e. The third-order valence-electron chi connectivity index (χ3n) is 3.12. The van der Waals surface area contributed by atoms with Gasteiger partial charge in [-0.15, -0.1) is 11.3 Å². The highest BCUT2D eigenvalue weighted by atomic mass is 32.1. The highest BCUT2D eigenvalue weighted by Crippen LogP contribution is 2.21. The summed E-state index contributed by atoms with van der Waals surface area (Å²) in [6.45, 7) is 7.15. The van der Waals surface area contributed by atoms with Gasteiger partial charge < -0.3 is 10.1 Å². The van der Waals surface area contributed by atoms with Gasteiger partial charge in [0.05, 0.1) is 17.7 Å². The van der Waals surface area contributed by atoms with Gasteiger partial charge in [0.2, 0.25) is 0 Å². The van der Waals surface area contributed by atoms with Crippen LogP contribution in [0.5, 0.6) is 5.75 Å². The summed E-state index contributed by atoms with van der Waals surface area (Å²) < 4.78 is 5.83. The number of nitrogens with one attached hydrogen (secondary N) is 1. The number of aromatic nitrogens is 1. The molecule has 0 fully saturated rings. The summed E-state index contributed by atoms with van der Waals surface area (Å²) in [5.74, 6) is 0.919. The molecule has 1 aromatic heterocycles. The average molecular weight is 290 g/mol. The van der Waals surface area contributed by atoms with Crippen molar-refractivity contribution in [3.05, 3.63) is 40.3 Å². The Bertz CT molecular complexity index is 539. The summed E-state index contributed by atoms with van der Waals surface area (Å²) in [5.41, 5.74) is 1.08. The maximum Gasteiger partial charge on any atom is 0.121 e. The fourth-order valence-corrected chi connectivity index (χ4v) is 2.58. The van der Waals surface area contributed by atoms with E-state index in [2.05, 4.69) is 37.1 Å². The number of benzene rings is 1. The van der Waals surface area contributed by atoms with Gasteiger partial charge in [0, 0.05) is 22.8 Å². The standard InChI is InChI=1S/C16H22N2OS/c1-4-12(3)19-14-8-6-7-13(9-14)17-10-15-11-18-16(5-2)20-15/h6-9,11-12,17H,4-5,10H2,1-3H3. The van der Waals surface area contributed by atoms with Gasteiger partial charge in [-0.3, -0.25) is 0 Å². The highest BCUT2D eigenvalue weighted by Gasteiger charge is 2.03. The monoisotopic (exact) mass is 290 g/mol. The summed E-state index contributed by atoms with van der Waals surface area (Å²) in [6.07, 6.45) is 4.22. The first-order valence-electron chi connectivity index (χ1n) is 7.15. The molecule has 0 spiro atoms. The molecule has 0 saturated heterocycles.